The van der Waals surface area contributed by atoms with Gasteiger partial charge in [-0.15, -0.1) is 23.1 Å². The number of aromatic nitrogens is 1. The van der Waals surface area contributed by atoms with Gasteiger partial charge in [-0.1, -0.05) is 19.1 Å². The van der Waals surface area contributed by atoms with E-state index in [0.717, 1.165) is 12.2 Å². The van der Waals surface area contributed by atoms with Crippen LogP contribution in [0.4, 0.5) is 0 Å². The molecule has 0 aliphatic heterocycles. The van der Waals surface area contributed by atoms with Crippen LogP contribution in [0.3, 0.4) is 0 Å². The second-order valence-corrected chi connectivity index (χ2v) is 6.11. The molecule has 4 heteroatoms. The monoisotopic (exact) mass is 278 g/mol. The smallest absolute Gasteiger partial charge is 0.0928 e. The van der Waals surface area contributed by atoms with Gasteiger partial charge in [-0.05, 0) is 30.5 Å². The van der Waals surface area contributed by atoms with Crippen molar-refractivity contribution in [3.8, 4) is 0 Å². The topological polar surface area (TPSA) is 38.9 Å². The molecule has 96 valence electrons. The van der Waals surface area contributed by atoms with Gasteiger partial charge >= 0.3 is 0 Å². The van der Waals surface area contributed by atoms with Crippen molar-refractivity contribution in [2.75, 3.05) is 0 Å². The van der Waals surface area contributed by atoms with Crippen LogP contribution in [0.25, 0.3) is 0 Å². The van der Waals surface area contributed by atoms with Crippen LogP contribution in [0.5, 0.6) is 0 Å². The van der Waals surface area contributed by atoms with Gasteiger partial charge in [0.1, 0.15) is 0 Å². The predicted octanol–water partition coefficient (Wildman–Crippen LogP) is 3.85. The zero-order valence-electron chi connectivity index (χ0n) is 10.6. The number of nitrogens with zero attached hydrogens (tertiary/aromatic N) is 1. The molecule has 2 N–H and O–H groups in total. The third-order valence-electron chi connectivity index (χ3n) is 2.61. The maximum atomic E-state index is 5.58. The van der Waals surface area contributed by atoms with Crippen molar-refractivity contribution < 1.29 is 0 Å². The van der Waals surface area contributed by atoms with Crippen molar-refractivity contribution in [2.24, 2.45) is 5.73 Å². The highest BCUT2D eigenvalue weighted by molar-refractivity contribution is 7.98. The van der Waals surface area contributed by atoms with Crippen molar-refractivity contribution in [3.05, 3.63) is 45.9 Å². The Morgan fingerprint density at radius 2 is 2.06 bits per heavy atom. The summed E-state index contributed by atoms with van der Waals surface area (Å²) in [5, 5.41) is 3.43. The number of aryl methyl sites for hydroxylation is 1. The van der Waals surface area contributed by atoms with Crippen LogP contribution in [0.2, 0.25) is 0 Å². The van der Waals surface area contributed by atoms with Crippen LogP contribution in [0, 0.1) is 0 Å². The van der Waals surface area contributed by atoms with Gasteiger partial charge in [0.05, 0.1) is 10.7 Å². The highest BCUT2D eigenvalue weighted by Crippen LogP contribution is 2.24. The molecule has 0 fully saturated rings. The van der Waals surface area contributed by atoms with Crippen molar-refractivity contribution in [3.63, 3.8) is 0 Å². The minimum absolute atomic E-state index is 0.609. The molecular formula is C14H18N2S2. The second kappa shape index (κ2) is 6.92. The summed E-state index contributed by atoms with van der Waals surface area (Å²) in [4.78, 5) is 5.90. The summed E-state index contributed by atoms with van der Waals surface area (Å²) in [7, 11) is 0. The van der Waals surface area contributed by atoms with E-state index in [-0.39, 0.29) is 0 Å². The van der Waals surface area contributed by atoms with Gasteiger partial charge in [-0.3, -0.25) is 0 Å². The summed E-state index contributed by atoms with van der Waals surface area (Å²) in [6.45, 7) is 2.80. The molecule has 1 heterocycles. The van der Waals surface area contributed by atoms with Crippen molar-refractivity contribution in [2.45, 2.75) is 37.0 Å². The van der Waals surface area contributed by atoms with Gasteiger partial charge in [-0.25, -0.2) is 4.98 Å². The molecule has 0 amide bonds. The van der Waals surface area contributed by atoms with E-state index >= 15 is 0 Å². The van der Waals surface area contributed by atoms with E-state index in [1.165, 1.54) is 27.6 Å². The Morgan fingerprint density at radius 3 is 2.72 bits per heavy atom. The van der Waals surface area contributed by atoms with Gasteiger partial charge < -0.3 is 5.73 Å². The van der Waals surface area contributed by atoms with Crippen LogP contribution in [-0.4, -0.2) is 4.98 Å². The predicted molar refractivity (Wildman–Crippen MR) is 80.0 cm³/mol. The summed E-state index contributed by atoms with van der Waals surface area (Å²) in [6.07, 6.45) is 2.27. The highest BCUT2D eigenvalue weighted by Gasteiger charge is 2.02. The van der Waals surface area contributed by atoms with E-state index < -0.39 is 0 Å². The first-order valence-corrected chi connectivity index (χ1v) is 8.03. The van der Waals surface area contributed by atoms with Crippen molar-refractivity contribution >= 4 is 23.1 Å². The molecule has 0 saturated heterocycles. The number of hydrogen-bond donors (Lipinski definition) is 1. The van der Waals surface area contributed by atoms with E-state index in [0.29, 0.717) is 6.54 Å². The lowest BCUT2D eigenvalue weighted by molar-refractivity contribution is 0.902. The zero-order valence-corrected chi connectivity index (χ0v) is 12.2. The molecule has 18 heavy (non-hydrogen) atoms. The van der Waals surface area contributed by atoms with Gasteiger partial charge in [0.2, 0.25) is 0 Å². The summed E-state index contributed by atoms with van der Waals surface area (Å²) in [6, 6.07) is 8.44. The van der Waals surface area contributed by atoms with Crippen LogP contribution in [-0.2, 0) is 18.7 Å². The summed E-state index contributed by atoms with van der Waals surface area (Å²) < 4.78 is 0. The molecule has 0 bridgehead atoms. The fourth-order valence-corrected chi connectivity index (χ4v) is 3.42. The Bertz CT molecular complexity index is 477. The minimum atomic E-state index is 0.609. The van der Waals surface area contributed by atoms with Crippen molar-refractivity contribution in [1.29, 1.82) is 0 Å². The number of nitrogens with two attached hydrogens (primary N) is 1. The summed E-state index contributed by atoms with van der Waals surface area (Å²) >= 11 is 3.60. The SMILES string of the molecule is CCCc1nc(CSc2ccc(CN)cc2)cs1. The Balaban J connectivity index is 1.89. The zero-order chi connectivity index (χ0) is 12.8. The summed E-state index contributed by atoms with van der Waals surface area (Å²) in [5.41, 5.74) is 7.95. The van der Waals surface area contributed by atoms with Gasteiger partial charge in [0.25, 0.3) is 0 Å². The maximum absolute atomic E-state index is 5.58. The largest absolute Gasteiger partial charge is 0.326 e. The maximum Gasteiger partial charge on any atom is 0.0928 e. The molecule has 0 spiro atoms. The Labute approximate surface area is 117 Å². The third-order valence-corrected chi connectivity index (χ3v) is 4.61. The molecule has 1 aromatic carbocycles. The van der Waals surface area contributed by atoms with E-state index in [1.807, 2.05) is 11.8 Å². The van der Waals surface area contributed by atoms with E-state index in [9.17, 15) is 0 Å². The van der Waals surface area contributed by atoms with E-state index in [1.54, 1.807) is 11.3 Å². The lowest BCUT2D eigenvalue weighted by Gasteiger charge is -2.01. The first kappa shape index (κ1) is 13.6. The van der Waals surface area contributed by atoms with Crippen molar-refractivity contribution in [1.82, 2.24) is 4.98 Å². The molecule has 2 aromatic rings. The fourth-order valence-electron chi connectivity index (χ4n) is 1.62. The normalized spacial score (nSPS) is 10.8. The highest BCUT2D eigenvalue weighted by atomic mass is 32.2. The third kappa shape index (κ3) is 3.83. The van der Waals surface area contributed by atoms with Crippen LogP contribution in [0.15, 0.2) is 34.5 Å². The molecule has 2 nitrogen and oxygen atoms in total. The second-order valence-electron chi connectivity index (χ2n) is 4.12. The molecule has 1 aromatic heterocycles. The van der Waals surface area contributed by atoms with Crippen LogP contribution in [0.1, 0.15) is 29.6 Å². The Hall–Kier alpha value is -0.840. The average Bonchev–Trinajstić information content (AvgIpc) is 2.85. The molecule has 0 aliphatic carbocycles. The Kier molecular flexibility index (Phi) is 5.23. The van der Waals surface area contributed by atoms with Gasteiger partial charge in [-0.2, -0.15) is 0 Å². The van der Waals surface area contributed by atoms with Gasteiger partial charge in [0.15, 0.2) is 0 Å². The molecule has 0 saturated carbocycles. The first-order valence-electron chi connectivity index (χ1n) is 6.17. The number of thiazole rings is 1. The summed E-state index contributed by atoms with van der Waals surface area (Å²) in [5.74, 6) is 0.947. The number of benzene rings is 1. The number of thioether (sulfide) groups is 1. The van der Waals surface area contributed by atoms with Crippen LogP contribution >= 0.6 is 23.1 Å². The van der Waals surface area contributed by atoms with Gasteiger partial charge in [0, 0.05) is 22.6 Å². The Morgan fingerprint density at radius 1 is 1.28 bits per heavy atom. The minimum Gasteiger partial charge on any atom is -0.326 e. The molecule has 2 rings (SSSR count). The van der Waals surface area contributed by atoms with E-state index in [4.69, 9.17) is 5.73 Å². The lowest BCUT2D eigenvalue weighted by Crippen LogP contribution is -1.94. The molecule has 0 radical (unpaired) electrons. The fraction of sp³-hybridized carbons (Fsp3) is 0.357. The molecule has 0 unspecified atom stereocenters. The van der Waals surface area contributed by atoms with E-state index in [2.05, 4.69) is 41.6 Å². The average molecular weight is 278 g/mol. The van der Waals surface area contributed by atoms with Crippen LogP contribution < -0.4 is 5.73 Å². The molecule has 0 atom stereocenters. The standard InChI is InChI=1S/C14H18N2S2/c1-2-3-14-16-12(10-18-14)9-17-13-6-4-11(8-15)5-7-13/h4-7,10H,2-3,8-9,15H2,1H3. The molecular weight excluding hydrogens is 260 g/mol. The lowest BCUT2D eigenvalue weighted by atomic mass is 10.2. The number of rotatable bonds is 6. The quantitative estimate of drug-likeness (QED) is 0.816. The number of hydrogen-bond acceptors (Lipinski definition) is 4. The molecule has 0 aliphatic rings. The first-order chi connectivity index (χ1) is 8.81.